The van der Waals surface area contributed by atoms with Gasteiger partial charge in [-0.3, -0.25) is 9.59 Å². The highest BCUT2D eigenvalue weighted by Gasteiger charge is 2.44. The van der Waals surface area contributed by atoms with Crippen LogP contribution in [0.4, 0.5) is 0 Å². The van der Waals surface area contributed by atoms with E-state index in [-0.39, 0.29) is 11.3 Å². The maximum absolute atomic E-state index is 13.6. The molecule has 1 aliphatic heterocycles. The Bertz CT molecular complexity index is 1210. The van der Waals surface area contributed by atoms with Gasteiger partial charge in [0.1, 0.15) is 17.9 Å². The molecule has 7 heteroatoms. The lowest BCUT2D eigenvalue weighted by Gasteiger charge is -2.28. The van der Waals surface area contributed by atoms with Crippen LogP contribution in [0.15, 0.2) is 83.0 Å². The van der Waals surface area contributed by atoms with E-state index in [0.717, 1.165) is 5.39 Å². The van der Waals surface area contributed by atoms with Crippen LogP contribution in [-0.2, 0) is 4.79 Å². The molecule has 0 radical (unpaired) electrons. The molecule has 1 aliphatic rings. The Hall–Kier alpha value is -3.84. The number of rotatable bonds is 9. The van der Waals surface area contributed by atoms with Crippen LogP contribution in [0.1, 0.15) is 22.2 Å². The van der Waals surface area contributed by atoms with Crippen LogP contribution < -0.4 is 4.74 Å². The minimum atomic E-state index is -0.773. The van der Waals surface area contributed by atoms with Crippen molar-refractivity contribution in [2.24, 2.45) is 0 Å². The molecule has 2 aromatic carbocycles. The Morgan fingerprint density at radius 3 is 2.73 bits per heavy atom. The largest absolute Gasteiger partial charge is 0.503 e. The van der Waals surface area contributed by atoms with Gasteiger partial charge in [0.15, 0.2) is 11.5 Å². The minimum absolute atomic E-state index is 0.00122. The van der Waals surface area contributed by atoms with Gasteiger partial charge in [-0.05, 0) is 43.9 Å². The Labute approximate surface area is 192 Å². The Balaban J connectivity index is 1.77. The van der Waals surface area contributed by atoms with Crippen molar-refractivity contribution in [1.29, 1.82) is 0 Å². The summed E-state index contributed by atoms with van der Waals surface area (Å²) in [5.41, 5.74) is 1.22. The number of furan rings is 1. The van der Waals surface area contributed by atoms with Crippen LogP contribution >= 0.6 is 0 Å². The number of nitrogens with zero attached hydrogens (tertiary/aromatic N) is 2. The van der Waals surface area contributed by atoms with Crippen molar-refractivity contribution in [2.45, 2.75) is 6.04 Å². The second-order valence-electron chi connectivity index (χ2n) is 8.12. The summed E-state index contributed by atoms with van der Waals surface area (Å²) < 4.78 is 11.4. The Morgan fingerprint density at radius 2 is 2.00 bits per heavy atom. The third-order valence-corrected chi connectivity index (χ3v) is 5.53. The normalized spacial score (nSPS) is 16.2. The van der Waals surface area contributed by atoms with Gasteiger partial charge in [0.2, 0.25) is 5.78 Å². The highest BCUT2D eigenvalue weighted by molar-refractivity contribution is 6.16. The van der Waals surface area contributed by atoms with Crippen LogP contribution in [-0.4, -0.2) is 60.4 Å². The number of ketones is 1. The maximum Gasteiger partial charge on any atom is 0.290 e. The van der Waals surface area contributed by atoms with Crippen molar-refractivity contribution >= 4 is 22.7 Å². The van der Waals surface area contributed by atoms with Crippen molar-refractivity contribution in [3.8, 4) is 5.75 Å². The van der Waals surface area contributed by atoms with E-state index in [0.29, 0.717) is 36.6 Å². The summed E-state index contributed by atoms with van der Waals surface area (Å²) in [7, 11) is 3.79. The van der Waals surface area contributed by atoms with Gasteiger partial charge in [0, 0.05) is 18.5 Å². The molecule has 0 spiro atoms. The number of carbonyl (C=O) groups excluding carboxylic acids is 2. The number of para-hydroxylation sites is 1. The fourth-order valence-electron chi connectivity index (χ4n) is 3.93. The van der Waals surface area contributed by atoms with Crippen LogP contribution in [0.2, 0.25) is 0 Å². The fraction of sp³-hybridized carbons (Fsp3) is 0.231. The summed E-state index contributed by atoms with van der Waals surface area (Å²) >= 11 is 0. The van der Waals surface area contributed by atoms with Crippen molar-refractivity contribution in [2.75, 3.05) is 33.8 Å². The summed E-state index contributed by atoms with van der Waals surface area (Å²) in [4.78, 5) is 30.0. The number of ether oxygens (including phenoxy) is 1. The zero-order valence-corrected chi connectivity index (χ0v) is 18.7. The third kappa shape index (κ3) is 4.40. The molecule has 33 heavy (non-hydrogen) atoms. The van der Waals surface area contributed by atoms with Crippen LogP contribution in [0, 0.1) is 0 Å². The standard InChI is InChI=1S/C26H26N2O5/c1-4-14-32-19-10-7-9-18(15-19)23-22(25(30)26(31)28(23)13-12-27(2)3)24(29)21-16-17-8-5-6-11-20(17)33-21/h4-11,15-16,23,30H,1,12-14H2,2-3H3/t23-/m1/s1. The summed E-state index contributed by atoms with van der Waals surface area (Å²) in [6.45, 7) is 4.87. The molecule has 0 saturated heterocycles. The molecular formula is C26H26N2O5. The zero-order valence-electron chi connectivity index (χ0n) is 18.7. The molecule has 4 rings (SSSR count). The average molecular weight is 447 g/mol. The lowest BCUT2D eigenvalue weighted by Crippen LogP contribution is -2.36. The van der Waals surface area contributed by atoms with Gasteiger partial charge in [-0.1, -0.05) is 43.0 Å². The molecular weight excluding hydrogens is 420 g/mol. The molecule has 0 bridgehead atoms. The lowest BCUT2D eigenvalue weighted by molar-refractivity contribution is -0.129. The van der Waals surface area contributed by atoms with Gasteiger partial charge < -0.3 is 24.1 Å². The van der Waals surface area contributed by atoms with E-state index in [4.69, 9.17) is 9.15 Å². The zero-order chi connectivity index (χ0) is 23.5. The van der Waals surface area contributed by atoms with Gasteiger partial charge >= 0.3 is 0 Å². The number of Topliss-reactive ketones (excluding diaryl/α,β-unsaturated/α-hetero) is 1. The molecule has 0 saturated carbocycles. The van der Waals surface area contributed by atoms with Gasteiger partial charge in [0.05, 0.1) is 11.6 Å². The fourth-order valence-corrected chi connectivity index (χ4v) is 3.93. The molecule has 1 atom stereocenters. The van der Waals surface area contributed by atoms with E-state index in [1.807, 2.05) is 43.3 Å². The smallest absolute Gasteiger partial charge is 0.290 e. The molecule has 1 amide bonds. The number of carbonyl (C=O) groups is 2. The first kappa shape index (κ1) is 22.4. The van der Waals surface area contributed by atoms with Crippen molar-refractivity contribution < 1.29 is 23.8 Å². The van der Waals surface area contributed by atoms with Gasteiger partial charge in [0.25, 0.3) is 5.91 Å². The van der Waals surface area contributed by atoms with E-state index in [1.54, 1.807) is 36.4 Å². The Kier molecular flexibility index (Phi) is 6.33. The van der Waals surface area contributed by atoms with Crippen molar-refractivity contribution in [1.82, 2.24) is 9.80 Å². The second kappa shape index (κ2) is 9.34. The molecule has 0 unspecified atom stereocenters. The number of likely N-dealkylation sites (N-methyl/N-ethyl adjacent to an activating group) is 1. The summed E-state index contributed by atoms with van der Waals surface area (Å²) in [5.74, 6) is -1.01. The molecule has 2 heterocycles. The molecule has 170 valence electrons. The number of amides is 1. The Morgan fingerprint density at radius 1 is 1.21 bits per heavy atom. The van der Waals surface area contributed by atoms with E-state index in [9.17, 15) is 14.7 Å². The highest BCUT2D eigenvalue weighted by atomic mass is 16.5. The number of hydrogen-bond donors (Lipinski definition) is 1. The van der Waals surface area contributed by atoms with E-state index >= 15 is 0 Å². The van der Waals surface area contributed by atoms with Crippen LogP contribution in [0.3, 0.4) is 0 Å². The van der Waals surface area contributed by atoms with Crippen molar-refractivity contribution in [3.05, 3.63) is 89.9 Å². The molecule has 1 aromatic heterocycles. The summed E-state index contributed by atoms with van der Waals surface area (Å²) in [6, 6.07) is 15.3. The first-order valence-corrected chi connectivity index (χ1v) is 10.7. The van der Waals surface area contributed by atoms with E-state index in [1.165, 1.54) is 4.90 Å². The number of aliphatic hydroxyl groups is 1. The number of hydrogen-bond acceptors (Lipinski definition) is 6. The highest BCUT2D eigenvalue weighted by Crippen LogP contribution is 2.40. The predicted molar refractivity (Wildman–Crippen MR) is 125 cm³/mol. The molecule has 7 nitrogen and oxygen atoms in total. The van der Waals surface area contributed by atoms with Crippen LogP contribution in [0.25, 0.3) is 11.0 Å². The molecule has 3 aromatic rings. The number of aliphatic hydroxyl groups excluding tert-OH is 1. The SMILES string of the molecule is C=CCOc1cccc([C@@H]2C(C(=O)c3cc4ccccc4o3)=C(O)C(=O)N2CCN(C)C)c1. The van der Waals surface area contributed by atoms with E-state index < -0.39 is 23.5 Å². The summed E-state index contributed by atoms with van der Waals surface area (Å²) in [6.07, 6.45) is 1.64. The first-order chi connectivity index (χ1) is 15.9. The third-order valence-electron chi connectivity index (χ3n) is 5.53. The lowest BCUT2D eigenvalue weighted by atomic mass is 9.95. The topological polar surface area (TPSA) is 83.2 Å². The first-order valence-electron chi connectivity index (χ1n) is 10.7. The van der Waals surface area contributed by atoms with Gasteiger partial charge in [-0.25, -0.2) is 0 Å². The van der Waals surface area contributed by atoms with E-state index in [2.05, 4.69) is 6.58 Å². The summed E-state index contributed by atoms with van der Waals surface area (Å²) in [5, 5.41) is 11.6. The molecule has 1 N–H and O–H groups in total. The monoisotopic (exact) mass is 446 g/mol. The minimum Gasteiger partial charge on any atom is -0.503 e. The molecule has 0 fully saturated rings. The second-order valence-corrected chi connectivity index (χ2v) is 8.12. The quantitative estimate of drug-likeness (QED) is 0.393. The van der Waals surface area contributed by atoms with Gasteiger partial charge in [-0.2, -0.15) is 0 Å². The number of fused-ring (bicyclic) bond motifs is 1. The molecule has 0 aliphatic carbocycles. The van der Waals surface area contributed by atoms with Gasteiger partial charge in [-0.15, -0.1) is 0 Å². The average Bonchev–Trinajstić information content (AvgIpc) is 3.35. The van der Waals surface area contributed by atoms with Crippen molar-refractivity contribution in [3.63, 3.8) is 0 Å². The van der Waals surface area contributed by atoms with Crippen LogP contribution in [0.5, 0.6) is 5.75 Å². The maximum atomic E-state index is 13.6. The predicted octanol–water partition coefficient (Wildman–Crippen LogP) is 4.14. The number of benzene rings is 2.